The summed E-state index contributed by atoms with van der Waals surface area (Å²) in [6, 6.07) is -7.22. The number of hydrogen-bond acceptors (Lipinski definition) is 11. The van der Waals surface area contributed by atoms with Gasteiger partial charge in [-0.05, 0) is 57.5 Å². The molecule has 262 valence electrons. The van der Waals surface area contributed by atoms with Gasteiger partial charge in [0.15, 0.2) is 0 Å². The lowest BCUT2D eigenvalue weighted by Crippen LogP contribution is -2.61. The second-order valence-corrected chi connectivity index (χ2v) is 12.6. The van der Waals surface area contributed by atoms with Crippen LogP contribution in [0.5, 0.6) is 0 Å². The Kier molecular flexibility index (Phi) is 17.5. The van der Waals surface area contributed by atoms with E-state index in [4.69, 9.17) is 5.73 Å². The molecule has 18 heteroatoms. The molecule has 1 heterocycles. The molecule has 10 N–H and O–H groups in total. The third kappa shape index (κ3) is 13.1. The van der Waals surface area contributed by atoms with Crippen molar-refractivity contribution in [3.63, 3.8) is 0 Å². The molecule has 0 radical (unpaired) electrons. The van der Waals surface area contributed by atoms with Gasteiger partial charge in [0, 0.05) is 6.54 Å². The summed E-state index contributed by atoms with van der Waals surface area (Å²) in [5.74, 6) is -5.22. The molecule has 6 amide bonds. The van der Waals surface area contributed by atoms with Crippen LogP contribution in [-0.2, 0) is 33.6 Å². The first-order valence-electron chi connectivity index (χ1n) is 15.1. The largest absolute Gasteiger partial charge is 0.480 e. The van der Waals surface area contributed by atoms with Crippen molar-refractivity contribution >= 4 is 53.2 Å². The van der Waals surface area contributed by atoms with Gasteiger partial charge in [-0.15, -0.1) is 0 Å². The molecular weight excluding hydrogens is 626 g/mol. The summed E-state index contributed by atoms with van der Waals surface area (Å²) >= 11 is 1.55. The monoisotopic (exact) mass is 675 g/mol. The minimum Gasteiger partial charge on any atom is -0.480 e. The van der Waals surface area contributed by atoms with Crippen molar-refractivity contribution in [2.45, 2.75) is 95.7 Å². The van der Waals surface area contributed by atoms with Crippen molar-refractivity contribution in [2.75, 3.05) is 31.7 Å². The predicted octanol–water partition coefficient (Wildman–Crippen LogP) is -3.36. The summed E-state index contributed by atoms with van der Waals surface area (Å²) in [5, 5.41) is 40.6. The van der Waals surface area contributed by atoms with E-state index in [9.17, 15) is 48.9 Å². The van der Waals surface area contributed by atoms with Crippen LogP contribution in [0.25, 0.3) is 0 Å². The second kappa shape index (κ2) is 19.9. The molecule has 7 atom stereocenters. The van der Waals surface area contributed by atoms with Crippen molar-refractivity contribution in [3.8, 4) is 0 Å². The molecule has 0 aromatic rings. The lowest BCUT2D eigenvalue weighted by molar-refractivity contribution is -0.143. The van der Waals surface area contributed by atoms with E-state index in [0.717, 1.165) is 0 Å². The molecule has 1 aliphatic rings. The number of amides is 6. The fraction of sp³-hybridized carbons (Fsp3) is 0.750. The van der Waals surface area contributed by atoms with Crippen LogP contribution in [0.2, 0.25) is 0 Å². The Morgan fingerprint density at radius 2 is 1.57 bits per heavy atom. The van der Waals surface area contributed by atoms with Gasteiger partial charge in [0.1, 0.15) is 30.2 Å². The van der Waals surface area contributed by atoms with E-state index in [-0.39, 0.29) is 18.2 Å². The summed E-state index contributed by atoms with van der Waals surface area (Å²) in [6.07, 6.45) is 1.99. The lowest BCUT2D eigenvalue weighted by Gasteiger charge is -2.27. The smallest absolute Gasteiger partial charge is 0.326 e. The van der Waals surface area contributed by atoms with Crippen molar-refractivity contribution in [3.05, 3.63) is 0 Å². The molecule has 1 aliphatic heterocycles. The summed E-state index contributed by atoms with van der Waals surface area (Å²) in [6.45, 7) is 4.95. The SMILES string of the molecule is CSCC[C@H](N)C(=O)N1CCC[C@H]1C(=O)NCC(=O)N[C@@H](C)C(=O)N[C@H](C(=O)N[C@@H](CO)C(=O)N[C@@H](CC(C)C)C(=O)O)[C@@H](C)O. The number of thioether (sulfide) groups is 1. The predicted molar refractivity (Wildman–Crippen MR) is 168 cm³/mol. The average Bonchev–Trinajstić information content (AvgIpc) is 3.48. The van der Waals surface area contributed by atoms with E-state index in [1.807, 2.05) is 6.26 Å². The number of carboxylic acid groups (broad SMARTS) is 1. The molecular formula is C28H49N7O10S. The van der Waals surface area contributed by atoms with Gasteiger partial charge in [-0.2, -0.15) is 11.8 Å². The molecule has 1 saturated heterocycles. The summed E-state index contributed by atoms with van der Waals surface area (Å²) in [7, 11) is 0. The molecule has 46 heavy (non-hydrogen) atoms. The Morgan fingerprint density at radius 3 is 2.11 bits per heavy atom. The fourth-order valence-electron chi connectivity index (χ4n) is 4.63. The highest BCUT2D eigenvalue weighted by Gasteiger charge is 2.36. The zero-order valence-electron chi connectivity index (χ0n) is 26.9. The number of likely N-dealkylation sites (tertiary alicyclic amines) is 1. The van der Waals surface area contributed by atoms with Crippen molar-refractivity contribution < 1.29 is 48.9 Å². The zero-order chi connectivity index (χ0) is 35.1. The molecule has 0 aromatic heterocycles. The number of nitrogens with zero attached hydrogens (tertiary/aromatic N) is 1. The van der Waals surface area contributed by atoms with Crippen LogP contribution < -0.4 is 32.3 Å². The molecule has 0 spiro atoms. The highest BCUT2D eigenvalue weighted by atomic mass is 32.2. The van der Waals surface area contributed by atoms with Gasteiger partial charge in [0.25, 0.3) is 0 Å². The number of nitrogens with one attached hydrogen (secondary N) is 5. The highest BCUT2D eigenvalue weighted by molar-refractivity contribution is 7.98. The topological polar surface area (TPSA) is 270 Å². The van der Waals surface area contributed by atoms with E-state index in [0.29, 0.717) is 31.6 Å². The Hall–Kier alpha value is -3.48. The standard InChI is InChI=1S/C28H49N7O10S/c1-14(2)11-18(28(44)45)32-24(40)19(13-36)33-26(42)22(16(4)37)34-23(39)15(3)31-21(38)12-30-25(41)20-7-6-9-35(20)27(43)17(29)8-10-46-5/h14-20,22,36-37H,6-13,29H2,1-5H3,(H,30,41)(H,31,38)(H,32,40)(H,33,42)(H,34,39)(H,44,45)/t15-,16+,17-,18-,19-,20-,22-/m0/s1. The first-order chi connectivity index (χ1) is 21.5. The lowest BCUT2D eigenvalue weighted by atomic mass is 10.0. The third-order valence-electron chi connectivity index (χ3n) is 7.18. The number of nitrogens with two attached hydrogens (primary N) is 1. The normalized spacial score (nSPS) is 18.4. The van der Waals surface area contributed by atoms with Crippen LogP contribution in [0.3, 0.4) is 0 Å². The van der Waals surface area contributed by atoms with Gasteiger partial charge >= 0.3 is 5.97 Å². The van der Waals surface area contributed by atoms with Crippen molar-refractivity contribution in [2.24, 2.45) is 11.7 Å². The van der Waals surface area contributed by atoms with E-state index in [2.05, 4.69) is 26.6 Å². The van der Waals surface area contributed by atoms with Gasteiger partial charge in [0.05, 0.1) is 25.3 Å². The zero-order valence-corrected chi connectivity index (χ0v) is 27.7. The Morgan fingerprint density at radius 1 is 0.935 bits per heavy atom. The van der Waals surface area contributed by atoms with Gasteiger partial charge in [-0.3, -0.25) is 28.8 Å². The Labute approximate surface area is 272 Å². The van der Waals surface area contributed by atoms with Crippen molar-refractivity contribution in [1.29, 1.82) is 0 Å². The molecule has 0 bridgehead atoms. The first-order valence-corrected chi connectivity index (χ1v) is 16.5. The maximum absolute atomic E-state index is 12.8. The van der Waals surface area contributed by atoms with E-state index in [1.165, 1.54) is 18.7 Å². The highest BCUT2D eigenvalue weighted by Crippen LogP contribution is 2.19. The molecule has 1 rings (SSSR count). The van der Waals surface area contributed by atoms with Gasteiger partial charge < -0.3 is 52.5 Å². The molecule has 0 aromatic carbocycles. The average molecular weight is 676 g/mol. The van der Waals surface area contributed by atoms with E-state index < -0.39 is 91.0 Å². The van der Waals surface area contributed by atoms with Crippen LogP contribution in [0.15, 0.2) is 0 Å². The maximum atomic E-state index is 12.8. The van der Waals surface area contributed by atoms with Gasteiger partial charge in [0.2, 0.25) is 35.4 Å². The number of hydrogen-bond donors (Lipinski definition) is 9. The quantitative estimate of drug-likeness (QED) is 0.0650. The molecule has 0 saturated carbocycles. The number of aliphatic hydroxyl groups excluding tert-OH is 2. The van der Waals surface area contributed by atoms with Crippen LogP contribution in [-0.4, -0.2) is 136 Å². The number of carbonyl (C=O) groups excluding carboxylic acids is 6. The van der Waals surface area contributed by atoms with Gasteiger partial charge in [-0.25, -0.2) is 4.79 Å². The van der Waals surface area contributed by atoms with Gasteiger partial charge in [-0.1, -0.05) is 13.8 Å². The number of carboxylic acids is 1. The van der Waals surface area contributed by atoms with Crippen LogP contribution in [0.4, 0.5) is 0 Å². The molecule has 17 nitrogen and oxygen atoms in total. The third-order valence-corrected chi connectivity index (χ3v) is 7.83. The molecule has 1 fully saturated rings. The number of rotatable bonds is 19. The summed E-state index contributed by atoms with van der Waals surface area (Å²) in [5.41, 5.74) is 5.98. The van der Waals surface area contributed by atoms with E-state index in [1.54, 1.807) is 25.6 Å². The first kappa shape index (κ1) is 40.5. The number of carbonyl (C=O) groups is 7. The maximum Gasteiger partial charge on any atom is 0.326 e. The van der Waals surface area contributed by atoms with Crippen molar-refractivity contribution in [1.82, 2.24) is 31.5 Å². The molecule has 0 unspecified atom stereocenters. The van der Waals surface area contributed by atoms with E-state index >= 15 is 0 Å². The molecule has 0 aliphatic carbocycles. The summed E-state index contributed by atoms with van der Waals surface area (Å²) < 4.78 is 0. The Bertz CT molecular complexity index is 1090. The van der Waals surface area contributed by atoms with Crippen LogP contribution in [0.1, 0.15) is 53.4 Å². The fourth-order valence-corrected chi connectivity index (χ4v) is 5.12. The summed E-state index contributed by atoms with van der Waals surface area (Å²) in [4.78, 5) is 89.0. The van der Waals surface area contributed by atoms with Crippen LogP contribution in [0, 0.1) is 5.92 Å². The Balaban J connectivity index is 2.71. The second-order valence-electron chi connectivity index (χ2n) is 11.6. The number of aliphatic carboxylic acids is 1. The van der Waals surface area contributed by atoms with Crippen LogP contribution >= 0.6 is 11.8 Å². The minimum atomic E-state index is -1.62. The minimum absolute atomic E-state index is 0.0792. The number of aliphatic hydroxyl groups is 2.